The first-order valence-electron chi connectivity index (χ1n) is 9.72. The molecule has 29 heavy (non-hydrogen) atoms. The summed E-state index contributed by atoms with van der Waals surface area (Å²) in [6, 6.07) is 16.3. The zero-order chi connectivity index (χ0) is 20.1. The number of halogens is 1. The summed E-state index contributed by atoms with van der Waals surface area (Å²) in [5.41, 5.74) is 2.40. The molecule has 2 heterocycles. The highest BCUT2D eigenvalue weighted by Crippen LogP contribution is 2.15. The number of imidazole rings is 1. The fourth-order valence-electron chi connectivity index (χ4n) is 3.46. The highest BCUT2D eigenvalue weighted by atomic mass is 19.1. The SMILES string of the molecule is O=C(c1cncn1-c1ccc(F)cc1)N1CCN(C/C=C/c2ccccc2)CC1. The lowest BCUT2D eigenvalue weighted by atomic mass is 10.2. The number of nitrogens with zero attached hydrogens (tertiary/aromatic N) is 4. The topological polar surface area (TPSA) is 41.4 Å². The summed E-state index contributed by atoms with van der Waals surface area (Å²) in [6.45, 7) is 3.87. The minimum absolute atomic E-state index is 0.0497. The Hall–Kier alpha value is -3.25. The lowest BCUT2D eigenvalue weighted by molar-refractivity contribution is 0.0642. The standard InChI is InChI=1S/C23H23FN4O/c24-20-8-10-21(11-9-20)28-18-25-17-22(28)23(29)27-15-13-26(14-16-27)12-4-7-19-5-2-1-3-6-19/h1-11,17-18H,12-16H2/b7-4+. The highest BCUT2D eigenvalue weighted by molar-refractivity contribution is 5.93. The predicted octanol–water partition coefficient (Wildman–Crippen LogP) is 3.48. The summed E-state index contributed by atoms with van der Waals surface area (Å²) in [7, 11) is 0. The Balaban J connectivity index is 1.34. The Labute approximate surface area is 169 Å². The van der Waals surface area contributed by atoms with Crippen molar-refractivity contribution in [2.45, 2.75) is 0 Å². The average Bonchev–Trinajstić information content (AvgIpc) is 3.25. The molecule has 1 aliphatic heterocycles. The van der Waals surface area contributed by atoms with Gasteiger partial charge in [-0.25, -0.2) is 9.37 Å². The van der Waals surface area contributed by atoms with Gasteiger partial charge in [0, 0.05) is 38.4 Å². The van der Waals surface area contributed by atoms with Crippen LogP contribution >= 0.6 is 0 Å². The summed E-state index contributed by atoms with van der Waals surface area (Å²) in [5, 5.41) is 0. The van der Waals surface area contributed by atoms with Crippen molar-refractivity contribution in [3.05, 3.63) is 90.3 Å². The predicted molar refractivity (Wildman–Crippen MR) is 111 cm³/mol. The van der Waals surface area contributed by atoms with Crippen LogP contribution < -0.4 is 0 Å². The van der Waals surface area contributed by atoms with E-state index in [9.17, 15) is 9.18 Å². The molecule has 3 aromatic rings. The Morgan fingerprint density at radius 1 is 1.00 bits per heavy atom. The van der Waals surface area contributed by atoms with Crippen molar-refractivity contribution < 1.29 is 9.18 Å². The van der Waals surface area contributed by atoms with Crippen LogP contribution in [0, 0.1) is 5.82 Å². The van der Waals surface area contributed by atoms with Gasteiger partial charge >= 0.3 is 0 Å². The molecule has 1 amide bonds. The summed E-state index contributed by atoms with van der Waals surface area (Å²) >= 11 is 0. The minimum atomic E-state index is -0.306. The average molecular weight is 390 g/mol. The fourth-order valence-corrected chi connectivity index (χ4v) is 3.46. The fraction of sp³-hybridized carbons (Fsp3) is 0.217. The van der Waals surface area contributed by atoms with E-state index in [0.717, 1.165) is 25.3 Å². The molecule has 0 atom stereocenters. The first-order chi connectivity index (χ1) is 14.2. The van der Waals surface area contributed by atoms with Crippen molar-refractivity contribution in [3.8, 4) is 5.69 Å². The van der Waals surface area contributed by atoms with E-state index < -0.39 is 0 Å². The number of benzene rings is 2. The van der Waals surface area contributed by atoms with Gasteiger partial charge in [-0.3, -0.25) is 14.3 Å². The monoisotopic (exact) mass is 390 g/mol. The Morgan fingerprint density at radius 3 is 2.45 bits per heavy atom. The maximum Gasteiger partial charge on any atom is 0.272 e. The zero-order valence-electron chi connectivity index (χ0n) is 16.1. The molecule has 0 N–H and O–H groups in total. The Morgan fingerprint density at radius 2 is 1.72 bits per heavy atom. The van der Waals surface area contributed by atoms with E-state index in [4.69, 9.17) is 0 Å². The first kappa shape index (κ1) is 19.1. The summed E-state index contributed by atoms with van der Waals surface area (Å²) in [4.78, 5) is 21.3. The van der Waals surface area contributed by atoms with Crippen LogP contribution in [0.1, 0.15) is 16.1 Å². The van der Waals surface area contributed by atoms with Gasteiger partial charge < -0.3 is 4.90 Å². The van der Waals surface area contributed by atoms with Gasteiger partial charge in [0.1, 0.15) is 11.5 Å². The van der Waals surface area contributed by atoms with Gasteiger partial charge in [0.25, 0.3) is 5.91 Å². The molecule has 0 spiro atoms. The zero-order valence-corrected chi connectivity index (χ0v) is 16.1. The molecule has 1 aliphatic rings. The normalized spacial score (nSPS) is 15.1. The van der Waals surface area contributed by atoms with Gasteiger partial charge in [0.05, 0.1) is 12.5 Å². The quantitative estimate of drug-likeness (QED) is 0.670. The van der Waals surface area contributed by atoms with Gasteiger partial charge in [-0.15, -0.1) is 0 Å². The summed E-state index contributed by atoms with van der Waals surface area (Å²) in [5.74, 6) is -0.356. The van der Waals surface area contributed by atoms with E-state index in [2.05, 4.69) is 34.2 Å². The summed E-state index contributed by atoms with van der Waals surface area (Å²) in [6.07, 6.45) is 7.45. The maximum absolute atomic E-state index is 13.2. The Bertz CT molecular complexity index is 974. The molecule has 1 fully saturated rings. The minimum Gasteiger partial charge on any atom is -0.335 e. The van der Waals surface area contributed by atoms with Crippen LogP contribution in [0.15, 0.2) is 73.2 Å². The number of hydrogen-bond acceptors (Lipinski definition) is 3. The number of amides is 1. The van der Waals surface area contributed by atoms with E-state index in [0.29, 0.717) is 18.8 Å². The molecular formula is C23H23FN4O. The van der Waals surface area contributed by atoms with E-state index in [1.165, 1.54) is 17.7 Å². The molecule has 0 bridgehead atoms. The third-order valence-electron chi connectivity index (χ3n) is 5.10. The van der Waals surface area contributed by atoms with Crippen molar-refractivity contribution >= 4 is 12.0 Å². The Kier molecular flexibility index (Phi) is 5.81. The van der Waals surface area contributed by atoms with Gasteiger partial charge in [0.2, 0.25) is 0 Å². The largest absolute Gasteiger partial charge is 0.335 e. The van der Waals surface area contributed by atoms with Gasteiger partial charge in [-0.05, 0) is 29.8 Å². The lowest BCUT2D eigenvalue weighted by Crippen LogP contribution is -2.48. The molecule has 6 heteroatoms. The van der Waals surface area contributed by atoms with Gasteiger partial charge in [0.15, 0.2) is 0 Å². The number of aromatic nitrogens is 2. The van der Waals surface area contributed by atoms with Crippen LogP contribution in [0.4, 0.5) is 4.39 Å². The van der Waals surface area contributed by atoms with Crippen molar-refractivity contribution in [2.75, 3.05) is 32.7 Å². The molecule has 0 saturated carbocycles. The van der Waals surface area contributed by atoms with E-state index >= 15 is 0 Å². The van der Waals surface area contributed by atoms with Crippen LogP contribution in [0.2, 0.25) is 0 Å². The molecule has 5 nitrogen and oxygen atoms in total. The second-order valence-corrected chi connectivity index (χ2v) is 7.03. The molecule has 0 unspecified atom stereocenters. The molecule has 148 valence electrons. The van der Waals surface area contributed by atoms with Crippen molar-refractivity contribution in [2.24, 2.45) is 0 Å². The third-order valence-corrected chi connectivity index (χ3v) is 5.10. The molecule has 2 aromatic carbocycles. The lowest BCUT2D eigenvalue weighted by Gasteiger charge is -2.34. The molecule has 1 aromatic heterocycles. The van der Waals surface area contributed by atoms with Crippen LogP contribution in [0.3, 0.4) is 0 Å². The second-order valence-electron chi connectivity index (χ2n) is 7.03. The second kappa shape index (κ2) is 8.84. The molecule has 0 radical (unpaired) electrons. The van der Waals surface area contributed by atoms with Crippen LogP contribution in [-0.4, -0.2) is 58.0 Å². The van der Waals surface area contributed by atoms with E-state index in [1.54, 1.807) is 29.2 Å². The first-order valence-corrected chi connectivity index (χ1v) is 9.72. The molecule has 1 saturated heterocycles. The highest BCUT2D eigenvalue weighted by Gasteiger charge is 2.24. The van der Waals surface area contributed by atoms with Crippen LogP contribution in [0.5, 0.6) is 0 Å². The molecule has 0 aliphatic carbocycles. The number of carbonyl (C=O) groups excluding carboxylic acids is 1. The number of piperazine rings is 1. The smallest absolute Gasteiger partial charge is 0.272 e. The van der Waals surface area contributed by atoms with Crippen molar-refractivity contribution in [3.63, 3.8) is 0 Å². The number of rotatable bonds is 5. The van der Waals surface area contributed by atoms with Gasteiger partial charge in [-0.2, -0.15) is 0 Å². The van der Waals surface area contributed by atoms with Crippen LogP contribution in [0.25, 0.3) is 11.8 Å². The van der Waals surface area contributed by atoms with Crippen molar-refractivity contribution in [1.29, 1.82) is 0 Å². The van der Waals surface area contributed by atoms with Crippen LogP contribution in [-0.2, 0) is 0 Å². The third kappa shape index (κ3) is 4.60. The molecule has 4 rings (SSSR count). The number of hydrogen-bond donors (Lipinski definition) is 0. The van der Waals surface area contributed by atoms with E-state index in [1.807, 2.05) is 23.1 Å². The maximum atomic E-state index is 13.2. The van der Waals surface area contributed by atoms with E-state index in [-0.39, 0.29) is 11.7 Å². The molecular weight excluding hydrogens is 367 g/mol. The summed E-state index contributed by atoms with van der Waals surface area (Å²) < 4.78 is 14.9. The van der Waals surface area contributed by atoms with Gasteiger partial charge in [-0.1, -0.05) is 42.5 Å². The van der Waals surface area contributed by atoms with Crippen molar-refractivity contribution in [1.82, 2.24) is 19.4 Å². The number of carbonyl (C=O) groups is 1.